The van der Waals surface area contributed by atoms with Crippen molar-refractivity contribution in [2.24, 2.45) is 5.92 Å². The van der Waals surface area contributed by atoms with E-state index >= 15 is 0 Å². The van der Waals surface area contributed by atoms with Crippen LogP contribution in [0.2, 0.25) is 0 Å². The monoisotopic (exact) mass is 289 g/mol. The number of methoxy groups -OCH3 is 1. The summed E-state index contributed by atoms with van der Waals surface area (Å²) in [5.74, 6) is -0.380. The Kier molecular flexibility index (Phi) is 3.76. The molecular formula is C17H23NO3. The molecule has 114 valence electrons. The number of hydrogen-bond donors (Lipinski definition) is 1. The molecule has 0 unspecified atom stereocenters. The number of likely N-dealkylation sites (N-methyl/N-ethyl adjacent to an activating group) is 1. The molecule has 21 heavy (non-hydrogen) atoms. The van der Waals surface area contributed by atoms with Crippen LogP contribution in [0.15, 0.2) is 24.3 Å². The molecular weight excluding hydrogens is 266 g/mol. The van der Waals surface area contributed by atoms with Gasteiger partial charge in [-0.3, -0.25) is 9.69 Å². The van der Waals surface area contributed by atoms with Crippen LogP contribution < -0.4 is 0 Å². The van der Waals surface area contributed by atoms with Gasteiger partial charge >= 0.3 is 5.97 Å². The van der Waals surface area contributed by atoms with Gasteiger partial charge in [-0.25, -0.2) is 0 Å². The molecule has 2 fully saturated rings. The number of esters is 1. The van der Waals surface area contributed by atoms with Gasteiger partial charge in [-0.15, -0.1) is 0 Å². The first-order valence-corrected chi connectivity index (χ1v) is 7.57. The molecule has 0 spiro atoms. The lowest BCUT2D eigenvalue weighted by Gasteiger charge is -2.42. The summed E-state index contributed by atoms with van der Waals surface area (Å²) in [5, 5.41) is 10.3. The standard InChI is InChI=1S/C17H23NO3/c1-10-4-6-11(7-5-10)13-8-12-9-14(19)16(18(12)2)15(13)17(20)21-3/h4-7,12-16,19H,8-9H2,1-3H3/t12-,13+,14+,15+,16-/m1/s1. The smallest absolute Gasteiger partial charge is 0.310 e. The molecule has 2 heterocycles. The van der Waals surface area contributed by atoms with Crippen LogP contribution >= 0.6 is 0 Å². The van der Waals surface area contributed by atoms with Gasteiger partial charge in [0.25, 0.3) is 0 Å². The number of aryl methyl sites for hydroxylation is 1. The third-order valence-corrected chi connectivity index (χ3v) is 5.26. The number of rotatable bonds is 2. The highest BCUT2D eigenvalue weighted by Gasteiger charge is 2.53. The molecule has 2 aliphatic rings. The van der Waals surface area contributed by atoms with Crippen molar-refractivity contribution in [2.75, 3.05) is 14.2 Å². The van der Waals surface area contributed by atoms with Crippen LogP contribution in [-0.4, -0.2) is 48.3 Å². The maximum atomic E-state index is 12.3. The predicted octanol–water partition coefficient (Wildman–Crippen LogP) is 1.71. The maximum Gasteiger partial charge on any atom is 0.310 e. The lowest BCUT2D eigenvalue weighted by molar-refractivity contribution is -0.151. The molecule has 4 heteroatoms. The van der Waals surface area contributed by atoms with E-state index in [-0.39, 0.29) is 23.8 Å². The van der Waals surface area contributed by atoms with Crippen molar-refractivity contribution in [2.45, 2.75) is 43.9 Å². The lowest BCUT2D eigenvalue weighted by Crippen LogP contribution is -2.51. The number of aliphatic hydroxyl groups excluding tert-OH is 1. The van der Waals surface area contributed by atoms with Gasteiger partial charge in [0, 0.05) is 18.0 Å². The molecule has 2 saturated heterocycles. The summed E-state index contributed by atoms with van der Waals surface area (Å²) in [4.78, 5) is 14.5. The summed E-state index contributed by atoms with van der Waals surface area (Å²) in [6.45, 7) is 2.06. The second-order valence-electron chi connectivity index (χ2n) is 6.41. The highest BCUT2D eigenvalue weighted by Crippen LogP contribution is 2.46. The van der Waals surface area contributed by atoms with Gasteiger partial charge < -0.3 is 9.84 Å². The Morgan fingerprint density at radius 3 is 2.57 bits per heavy atom. The number of nitrogens with zero attached hydrogens (tertiary/aromatic N) is 1. The summed E-state index contributed by atoms with van der Waals surface area (Å²) in [7, 11) is 3.44. The summed E-state index contributed by atoms with van der Waals surface area (Å²) in [6, 6.07) is 8.58. The molecule has 1 aromatic carbocycles. The molecule has 5 atom stereocenters. The third kappa shape index (κ3) is 2.36. The minimum Gasteiger partial charge on any atom is -0.469 e. The summed E-state index contributed by atoms with van der Waals surface area (Å²) < 4.78 is 5.04. The topological polar surface area (TPSA) is 49.8 Å². The molecule has 1 aromatic rings. The first-order chi connectivity index (χ1) is 10.0. The van der Waals surface area contributed by atoms with Gasteiger partial charge in [0.15, 0.2) is 0 Å². The molecule has 4 nitrogen and oxygen atoms in total. The van der Waals surface area contributed by atoms with E-state index in [1.165, 1.54) is 18.2 Å². The first kappa shape index (κ1) is 14.5. The van der Waals surface area contributed by atoms with Crippen molar-refractivity contribution in [3.8, 4) is 0 Å². The van der Waals surface area contributed by atoms with Gasteiger partial charge in [0.1, 0.15) is 0 Å². The van der Waals surface area contributed by atoms with Gasteiger partial charge in [-0.05, 0) is 32.4 Å². The van der Waals surface area contributed by atoms with E-state index in [1.807, 2.05) is 7.05 Å². The van der Waals surface area contributed by atoms with Crippen molar-refractivity contribution < 1.29 is 14.6 Å². The van der Waals surface area contributed by atoms with Gasteiger partial charge in [0.2, 0.25) is 0 Å². The minimum absolute atomic E-state index is 0.126. The van der Waals surface area contributed by atoms with Crippen LogP contribution in [0.1, 0.15) is 29.9 Å². The molecule has 0 radical (unpaired) electrons. The van der Waals surface area contributed by atoms with Crippen molar-refractivity contribution >= 4 is 5.97 Å². The second kappa shape index (κ2) is 5.43. The molecule has 1 N–H and O–H groups in total. The van der Waals surface area contributed by atoms with Crippen molar-refractivity contribution in [1.82, 2.24) is 4.90 Å². The van der Waals surface area contributed by atoms with E-state index in [0.29, 0.717) is 6.04 Å². The highest BCUT2D eigenvalue weighted by atomic mass is 16.5. The molecule has 0 saturated carbocycles. The Balaban J connectivity index is 1.98. The number of carbonyl (C=O) groups excluding carboxylic acids is 1. The number of carbonyl (C=O) groups is 1. The lowest BCUT2D eigenvalue weighted by atomic mass is 9.76. The number of ether oxygens (including phenoxy) is 1. The maximum absolute atomic E-state index is 12.3. The van der Waals surface area contributed by atoms with Crippen molar-refractivity contribution in [3.63, 3.8) is 0 Å². The average Bonchev–Trinajstić information content (AvgIpc) is 2.66. The third-order valence-electron chi connectivity index (χ3n) is 5.26. The Morgan fingerprint density at radius 1 is 1.29 bits per heavy atom. The van der Waals surface area contributed by atoms with E-state index in [2.05, 4.69) is 36.1 Å². The summed E-state index contributed by atoms with van der Waals surface area (Å²) in [6.07, 6.45) is 1.20. The summed E-state index contributed by atoms with van der Waals surface area (Å²) in [5.41, 5.74) is 2.39. The van der Waals surface area contributed by atoms with Crippen LogP contribution in [0.3, 0.4) is 0 Å². The van der Waals surface area contributed by atoms with Crippen LogP contribution in [-0.2, 0) is 9.53 Å². The van der Waals surface area contributed by atoms with Crippen molar-refractivity contribution in [1.29, 1.82) is 0 Å². The molecule has 2 bridgehead atoms. The van der Waals surface area contributed by atoms with Crippen LogP contribution in [0.25, 0.3) is 0 Å². The summed E-state index contributed by atoms with van der Waals surface area (Å²) >= 11 is 0. The Hall–Kier alpha value is -1.39. The van der Waals surface area contributed by atoms with Crippen LogP contribution in [0.4, 0.5) is 0 Å². The molecule has 0 aliphatic carbocycles. The zero-order valence-corrected chi connectivity index (χ0v) is 12.8. The van der Waals surface area contributed by atoms with E-state index in [9.17, 15) is 9.90 Å². The number of hydrogen-bond acceptors (Lipinski definition) is 4. The fourth-order valence-corrected chi connectivity index (χ4v) is 4.13. The minimum atomic E-state index is -0.445. The fraction of sp³-hybridized carbons (Fsp3) is 0.588. The van der Waals surface area contributed by atoms with Crippen molar-refractivity contribution in [3.05, 3.63) is 35.4 Å². The number of benzene rings is 1. The number of aliphatic hydroxyl groups is 1. The largest absolute Gasteiger partial charge is 0.469 e. The average molecular weight is 289 g/mol. The first-order valence-electron chi connectivity index (χ1n) is 7.57. The Labute approximate surface area is 125 Å². The van der Waals surface area contributed by atoms with Crippen LogP contribution in [0.5, 0.6) is 0 Å². The molecule has 3 rings (SSSR count). The predicted molar refractivity (Wildman–Crippen MR) is 80.0 cm³/mol. The van der Waals surface area contributed by atoms with E-state index < -0.39 is 6.10 Å². The van der Waals surface area contributed by atoms with Crippen LogP contribution in [0, 0.1) is 12.8 Å². The number of piperidine rings is 1. The number of fused-ring (bicyclic) bond motifs is 2. The normalized spacial score (nSPS) is 35.7. The van der Waals surface area contributed by atoms with E-state index in [1.54, 1.807) is 0 Å². The Bertz CT molecular complexity index is 527. The quantitative estimate of drug-likeness (QED) is 0.842. The zero-order chi connectivity index (χ0) is 15.1. The van der Waals surface area contributed by atoms with E-state index in [0.717, 1.165) is 12.8 Å². The molecule has 0 amide bonds. The van der Waals surface area contributed by atoms with E-state index in [4.69, 9.17) is 4.74 Å². The van der Waals surface area contributed by atoms with Gasteiger partial charge in [-0.1, -0.05) is 29.8 Å². The highest BCUT2D eigenvalue weighted by molar-refractivity contribution is 5.75. The molecule has 2 aliphatic heterocycles. The van der Waals surface area contributed by atoms with Gasteiger partial charge in [-0.2, -0.15) is 0 Å². The second-order valence-corrected chi connectivity index (χ2v) is 6.41. The zero-order valence-electron chi connectivity index (χ0n) is 12.8. The fourth-order valence-electron chi connectivity index (χ4n) is 4.13. The van der Waals surface area contributed by atoms with Gasteiger partial charge in [0.05, 0.1) is 19.1 Å². The molecule has 0 aromatic heterocycles. The SMILES string of the molecule is COC(=O)[C@@H]1[C@H]2[C@@H](O)C[C@@H](C[C@H]1c1ccc(C)cc1)N2C. The Morgan fingerprint density at radius 2 is 1.95 bits per heavy atom.